The first-order valence-electron chi connectivity index (χ1n) is 12.7. The van der Waals surface area contributed by atoms with Gasteiger partial charge in [0, 0.05) is 13.1 Å². The molecule has 5 heteroatoms. The lowest BCUT2D eigenvalue weighted by Gasteiger charge is -2.47. The molecule has 0 radical (unpaired) electrons. The van der Waals surface area contributed by atoms with Crippen molar-refractivity contribution in [3.8, 4) is 0 Å². The van der Waals surface area contributed by atoms with Crippen LogP contribution in [0.1, 0.15) is 23.1 Å². The molecule has 0 N–H and O–H groups in total. The van der Waals surface area contributed by atoms with E-state index in [1.54, 1.807) is 0 Å². The monoisotopic (exact) mass is 519 g/mol. The summed E-state index contributed by atoms with van der Waals surface area (Å²) in [7, 11) is 0. The van der Waals surface area contributed by atoms with E-state index in [1.807, 2.05) is 66.7 Å². The van der Waals surface area contributed by atoms with Gasteiger partial charge in [-0.05, 0) is 23.1 Å². The van der Waals surface area contributed by atoms with Crippen molar-refractivity contribution in [3.05, 3.63) is 133 Å². The van der Waals surface area contributed by atoms with Gasteiger partial charge < -0.3 is 14.2 Å². The van der Waals surface area contributed by atoms with Crippen LogP contribution in [0.3, 0.4) is 0 Å². The summed E-state index contributed by atoms with van der Waals surface area (Å²) in [5, 5.41) is 0. The standard InChI is InChI=1S/C32H37NO3.ClH/c1-3-5-21-33-22-30(34-23-26-15-9-6-10-16-26)32(36-25-28-19-13-8-14-20-28)31(29(33)4-2)35-24-27-17-11-7-12-18-27;/h3-4,6-20,29-32H,1-2,5,21-25H2;1H/t29-,30-,31+,32+;/m0./s1. The Balaban J connectivity index is 0.00000380. The first kappa shape index (κ1) is 28.8. The van der Waals surface area contributed by atoms with Crippen LogP contribution in [-0.4, -0.2) is 42.3 Å². The van der Waals surface area contributed by atoms with Gasteiger partial charge in [-0.3, -0.25) is 4.90 Å². The number of hydrogen-bond acceptors (Lipinski definition) is 4. The highest BCUT2D eigenvalue weighted by atomic mass is 35.5. The second-order valence-corrected chi connectivity index (χ2v) is 9.16. The van der Waals surface area contributed by atoms with Gasteiger partial charge in [-0.1, -0.05) is 103 Å². The fourth-order valence-electron chi connectivity index (χ4n) is 4.71. The summed E-state index contributed by atoms with van der Waals surface area (Å²) in [5.74, 6) is 0. The van der Waals surface area contributed by atoms with Gasteiger partial charge in [-0.2, -0.15) is 0 Å². The Morgan fingerprint density at radius 2 is 1.14 bits per heavy atom. The molecule has 0 spiro atoms. The number of benzene rings is 3. The second kappa shape index (κ2) is 15.5. The van der Waals surface area contributed by atoms with Gasteiger partial charge in [0.25, 0.3) is 0 Å². The van der Waals surface area contributed by atoms with E-state index < -0.39 is 0 Å². The van der Waals surface area contributed by atoms with Crippen LogP contribution >= 0.6 is 12.4 Å². The molecule has 4 nitrogen and oxygen atoms in total. The number of hydrogen-bond donors (Lipinski definition) is 0. The zero-order chi connectivity index (χ0) is 25.0. The topological polar surface area (TPSA) is 30.9 Å². The predicted molar refractivity (Wildman–Crippen MR) is 153 cm³/mol. The molecule has 4 atom stereocenters. The van der Waals surface area contributed by atoms with Crippen LogP contribution in [-0.2, 0) is 34.0 Å². The van der Waals surface area contributed by atoms with Crippen LogP contribution in [0.4, 0.5) is 0 Å². The number of piperidine rings is 1. The van der Waals surface area contributed by atoms with Crippen LogP contribution in [0.2, 0.25) is 0 Å². The minimum atomic E-state index is -0.249. The Morgan fingerprint density at radius 1 is 0.676 bits per heavy atom. The number of halogens is 1. The smallest absolute Gasteiger partial charge is 0.113 e. The Bertz CT molecular complexity index is 1050. The van der Waals surface area contributed by atoms with E-state index in [-0.39, 0.29) is 36.8 Å². The average Bonchev–Trinajstić information content (AvgIpc) is 2.94. The van der Waals surface area contributed by atoms with Crippen LogP contribution in [0.5, 0.6) is 0 Å². The molecule has 1 heterocycles. The van der Waals surface area contributed by atoms with Crippen molar-refractivity contribution >= 4 is 12.4 Å². The lowest BCUT2D eigenvalue weighted by atomic mass is 9.92. The molecule has 0 amide bonds. The molecule has 1 aliphatic heterocycles. The molecule has 196 valence electrons. The van der Waals surface area contributed by atoms with Crippen molar-refractivity contribution < 1.29 is 14.2 Å². The maximum Gasteiger partial charge on any atom is 0.113 e. The minimum Gasteiger partial charge on any atom is -0.369 e. The van der Waals surface area contributed by atoms with E-state index >= 15 is 0 Å². The quantitative estimate of drug-likeness (QED) is 0.238. The number of likely N-dealkylation sites (tertiary alicyclic amines) is 1. The predicted octanol–water partition coefficient (Wildman–Crippen LogP) is 6.61. The molecule has 3 aromatic rings. The molecule has 1 saturated heterocycles. The number of rotatable bonds is 13. The normalized spacial score (nSPS) is 21.6. The van der Waals surface area contributed by atoms with Crippen LogP contribution in [0, 0.1) is 0 Å². The van der Waals surface area contributed by atoms with Crippen molar-refractivity contribution in [2.24, 2.45) is 0 Å². The van der Waals surface area contributed by atoms with Gasteiger partial charge in [-0.15, -0.1) is 25.6 Å². The third kappa shape index (κ3) is 8.39. The molecule has 0 aliphatic carbocycles. The molecule has 3 aromatic carbocycles. The summed E-state index contributed by atoms with van der Waals surface area (Å²) >= 11 is 0. The van der Waals surface area contributed by atoms with Crippen LogP contribution in [0.15, 0.2) is 116 Å². The SMILES string of the molecule is C=CCCN1C[C@H](OCc2ccccc2)[C@@H](OCc2ccccc2)[C@H](OCc2ccccc2)[C@@H]1C=C.Cl. The highest BCUT2D eigenvalue weighted by molar-refractivity contribution is 5.85. The average molecular weight is 520 g/mol. The van der Waals surface area contributed by atoms with E-state index in [2.05, 4.69) is 54.5 Å². The van der Waals surface area contributed by atoms with Gasteiger partial charge >= 0.3 is 0 Å². The highest BCUT2D eigenvalue weighted by Gasteiger charge is 2.44. The van der Waals surface area contributed by atoms with E-state index in [0.29, 0.717) is 19.8 Å². The Kier molecular flexibility index (Phi) is 12.1. The highest BCUT2D eigenvalue weighted by Crippen LogP contribution is 2.29. The molecule has 0 saturated carbocycles. The first-order chi connectivity index (χ1) is 17.8. The van der Waals surface area contributed by atoms with Crippen molar-refractivity contribution in [2.75, 3.05) is 13.1 Å². The second-order valence-electron chi connectivity index (χ2n) is 9.16. The first-order valence-corrected chi connectivity index (χ1v) is 12.7. The number of nitrogens with zero attached hydrogens (tertiary/aromatic N) is 1. The summed E-state index contributed by atoms with van der Waals surface area (Å²) in [5.41, 5.74) is 3.40. The molecule has 0 unspecified atom stereocenters. The van der Waals surface area contributed by atoms with Crippen LogP contribution < -0.4 is 0 Å². The van der Waals surface area contributed by atoms with Gasteiger partial charge in [0.05, 0.1) is 32.0 Å². The van der Waals surface area contributed by atoms with E-state index in [1.165, 1.54) is 0 Å². The molecule has 37 heavy (non-hydrogen) atoms. The Hall–Kier alpha value is -2.73. The molecule has 0 bridgehead atoms. The molecular formula is C32H38ClNO3. The Morgan fingerprint density at radius 3 is 1.59 bits per heavy atom. The summed E-state index contributed by atoms with van der Waals surface area (Å²) in [6.07, 6.45) is 4.20. The molecule has 1 aliphatic rings. The molecule has 1 fully saturated rings. The lowest BCUT2D eigenvalue weighted by Crippen LogP contribution is -2.62. The third-order valence-corrected chi connectivity index (χ3v) is 6.60. The van der Waals surface area contributed by atoms with Crippen molar-refractivity contribution in [1.29, 1.82) is 0 Å². The maximum atomic E-state index is 6.62. The molecule has 0 aromatic heterocycles. The zero-order valence-electron chi connectivity index (χ0n) is 21.4. The Labute approximate surface area is 228 Å². The van der Waals surface area contributed by atoms with Gasteiger partial charge in [0.2, 0.25) is 0 Å². The summed E-state index contributed by atoms with van der Waals surface area (Å²) < 4.78 is 19.8. The molecule has 4 rings (SSSR count). The fraction of sp³-hybridized carbons (Fsp3) is 0.312. The fourth-order valence-corrected chi connectivity index (χ4v) is 4.71. The van der Waals surface area contributed by atoms with E-state index in [4.69, 9.17) is 14.2 Å². The van der Waals surface area contributed by atoms with Gasteiger partial charge in [0.15, 0.2) is 0 Å². The summed E-state index contributed by atoms with van der Waals surface area (Å²) in [4.78, 5) is 2.39. The van der Waals surface area contributed by atoms with E-state index in [9.17, 15) is 0 Å². The lowest BCUT2D eigenvalue weighted by molar-refractivity contribution is -0.196. The third-order valence-electron chi connectivity index (χ3n) is 6.60. The van der Waals surface area contributed by atoms with E-state index in [0.717, 1.165) is 36.2 Å². The maximum absolute atomic E-state index is 6.62. The van der Waals surface area contributed by atoms with Crippen molar-refractivity contribution in [2.45, 2.75) is 50.6 Å². The van der Waals surface area contributed by atoms with Crippen molar-refractivity contribution in [3.63, 3.8) is 0 Å². The number of ether oxygens (including phenoxy) is 3. The van der Waals surface area contributed by atoms with Crippen molar-refractivity contribution in [1.82, 2.24) is 4.90 Å². The zero-order valence-corrected chi connectivity index (χ0v) is 22.2. The summed E-state index contributed by atoms with van der Waals surface area (Å²) in [6, 6.07) is 30.8. The minimum absolute atomic E-state index is 0. The summed E-state index contributed by atoms with van der Waals surface area (Å²) in [6.45, 7) is 11.2. The van der Waals surface area contributed by atoms with Crippen LogP contribution in [0.25, 0.3) is 0 Å². The van der Waals surface area contributed by atoms with Gasteiger partial charge in [-0.25, -0.2) is 0 Å². The van der Waals surface area contributed by atoms with Gasteiger partial charge in [0.1, 0.15) is 12.2 Å². The molecular weight excluding hydrogens is 482 g/mol. The largest absolute Gasteiger partial charge is 0.369 e.